The minimum atomic E-state index is -0.346. The molecule has 0 bridgehead atoms. The van der Waals surface area contributed by atoms with Gasteiger partial charge in [-0.25, -0.2) is 0 Å². The molecule has 1 saturated heterocycles. The van der Waals surface area contributed by atoms with E-state index in [0.717, 1.165) is 13.0 Å². The normalized spacial score (nSPS) is 30.4. The van der Waals surface area contributed by atoms with Gasteiger partial charge < -0.3 is 10.0 Å². The Balaban J connectivity index is 2.45. The second kappa shape index (κ2) is 4.23. The van der Waals surface area contributed by atoms with Gasteiger partial charge in [0.25, 0.3) is 0 Å². The predicted octanol–water partition coefficient (Wildman–Crippen LogP) is 0.611. The summed E-state index contributed by atoms with van der Waals surface area (Å²) in [6.07, 6.45) is 0.557. The number of alkyl halides is 1. The van der Waals surface area contributed by atoms with E-state index in [2.05, 4.69) is 15.9 Å². The average Bonchev–Trinajstić information content (AvgIpc) is 2.08. The van der Waals surface area contributed by atoms with Crippen molar-refractivity contribution in [2.45, 2.75) is 19.4 Å². The molecule has 1 aliphatic heterocycles. The lowest BCUT2D eigenvalue weighted by Crippen LogP contribution is -2.46. The number of halogens is 1. The first-order chi connectivity index (χ1) is 5.65. The summed E-state index contributed by atoms with van der Waals surface area (Å²) in [6, 6.07) is 0. The van der Waals surface area contributed by atoms with Gasteiger partial charge in [0.1, 0.15) is 0 Å². The smallest absolute Gasteiger partial charge is 0.233 e. The molecular weight excluding hydrogens is 222 g/mol. The Morgan fingerprint density at radius 2 is 2.42 bits per heavy atom. The maximum Gasteiger partial charge on any atom is 0.233 e. The van der Waals surface area contributed by atoms with E-state index in [1.54, 1.807) is 4.90 Å². The van der Waals surface area contributed by atoms with Crippen LogP contribution in [0.25, 0.3) is 0 Å². The van der Waals surface area contributed by atoms with Crippen LogP contribution in [-0.2, 0) is 4.79 Å². The van der Waals surface area contributed by atoms with E-state index in [9.17, 15) is 9.90 Å². The number of hydrogen-bond donors (Lipinski definition) is 1. The summed E-state index contributed by atoms with van der Waals surface area (Å²) in [5, 5.41) is 9.84. The van der Waals surface area contributed by atoms with Gasteiger partial charge in [0, 0.05) is 13.1 Å². The van der Waals surface area contributed by atoms with Crippen LogP contribution in [0.4, 0.5) is 0 Å². The molecule has 0 spiro atoms. The Kier molecular flexibility index (Phi) is 3.53. The van der Waals surface area contributed by atoms with Gasteiger partial charge in [-0.05, 0) is 12.3 Å². The van der Waals surface area contributed by atoms with Crippen LogP contribution >= 0.6 is 15.9 Å². The zero-order valence-electron chi connectivity index (χ0n) is 7.16. The van der Waals surface area contributed by atoms with E-state index >= 15 is 0 Å². The summed E-state index contributed by atoms with van der Waals surface area (Å²) >= 11 is 3.11. The quantitative estimate of drug-likeness (QED) is 0.677. The molecule has 1 amide bonds. The third-order valence-corrected chi connectivity index (χ3v) is 2.87. The Bertz CT molecular complexity index is 174. The molecule has 0 radical (unpaired) electrons. The Hall–Kier alpha value is -0.0900. The molecule has 2 atom stereocenters. The molecular formula is C8H14BrNO2. The lowest BCUT2D eigenvalue weighted by atomic mass is 9.96. The number of piperidine rings is 1. The van der Waals surface area contributed by atoms with Crippen LogP contribution in [0.2, 0.25) is 0 Å². The van der Waals surface area contributed by atoms with Crippen molar-refractivity contribution in [3.05, 3.63) is 0 Å². The molecule has 1 heterocycles. The van der Waals surface area contributed by atoms with Gasteiger partial charge in [-0.15, -0.1) is 0 Å². The number of nitrogens with zero attached hydrogens (tertiary/aromatic N) is 1. The highest BCUT2D eigenvalue weighted by molar-refractivity contribution is 9.09. The summed E-state index contributed by atoms with van der Waals surface area (Å²) < 4.78 is 0. The van der Waals surface area contributed by atoms with Crippen LogP contribution < -0.4 is 0 Å². The first-order valence-electron chi connectivity index (χ1n) is 4.17. The van der Waals surface area contributed by atoms with Gasteiger partial charge in [0.2, 0.25) is 5.91 Å². The number of β-amino-alcohol motifs (C(OH)–C–C–N with tert-alkyl or cyclic N) is 1. The summed E-state index contributed by atoms with van der Waals surface area (Å²) in [5.41, 5.74) is 0. The lowest BCUT2D eigenvalue weighted by molar-refractivity contribution is -0.132. The molecule has 1 rings (SSSR count). The number of aliphatic hydroxyl groups is 1. The van der Waals surface area contributed by atoms with Crippen LogP contribution in [0.15, 0.2) is 0 Å². The van der Waals surface area contributed by atoms with E-state index in [-0.39, 0.29) is 12.0 Å². The Morgan fingerprint density at radius 1 is 1.75 bits per heavy atom. The molecule has 2 unspecified atom stereocenters. The SMILES string of the molecule is CC1CCN(C(=O)CBr)CC1O. The van der Waals surface area contributed by atoms with Crippen molar-refractivity contribution in [2.75, 3.05) is 18.4 Å². The fraction of sp³-hybridized carbons (Fsp3) is 0.875. The van der Waals surface area contributed by atoms with Gasteiger partial charge in [-0.1, -0.05) is 22.9 Å². The van der Waals surface area contributed by atoms with Crippen molar-refractivity contribution in [1.29, 1.82) is 0 Å². The maximum atomic E-state index is 11.2. The average molecular weight is 236 g/mol. The number of amides is 1. The molecule has 0 aromatic rings. The minimum Gasteiger partial charge on any atom is -0.391 e. The summed E-state index contributed by atoms with van der Waals surface area (Å²) in [7, 11) is 0. The van der Waals surface area contributed by atoms with Gasteiger partial charge in [-0.2, -0.15) is 0 Å². The molecule has 3 nitrogen and oxygen atoms in total. The van der Waals surface area contributed by atoms with Gasteiger partial charge in [0.15, 0.2) is 0 Å². The van der Waals surface area contributed by atoms with Gasteiger partial charge in [0.05, 0.1) is 11.4 Å². The van der Waals surface area contributed by atoms with Crippen molar-refractivity contribution < 1.29 is 9.90 Å². The van der Waals surface area contributed by atoms with Crippen LogP contribution in [-0.4, -0.2) is 40.4 Å². The van der Waals surface area contributed by atoms with Gasteiger partial charge >= 0.3 is 0 Å². The van der Waals surface area contributed by atoms with Crippen molar-refractivity contribution in [1.82, 2.24) is 4.90 Å². The first-order valence-corrected chi connectivity index (χ1v) is 5.29. The monoisotopic (exact) mass is 235 g/mol. The molecule has 1 fully saturated rings. The molecule has 70 valence electrons. The molecule has 0 aromatic heterocycles. The minimum absolute atomic E-state index is 0.0703. The van der Waals surface area contributed by atoms with Crippen LogP contribution in [0.3, 0.4) is 0 Å². The number of likely N-dealkylation sites (tertiary alicyclic amines) is 1. The van der Waals surface area contributed by atoms with E-state index in [1.807, 2.05) is 6.92 Å². The molecule has 12 heavy (non-hydrogen) atoms. The van der Waals surface area contributed by atoms with Crippen molar-refractivity contribution >= 4 is 21.8 Å². The standard InChI is InChI=1S/C8H14BrNO2/c1-6-2-3-10(5-7(6)11)8(12)4-9/h6-7,11H,2-5H2,1H3. The fourth-order valence-corrected chi connectivity index (χ4v) is 1.71. The Labute approximate surface area is 80.9 Å². The van der Waals surface area contributed by atoms with Crippen LogP contribution in [0, 0.1) is 5.92 Å². The number of carbonyl (C=O) groups is 1. The van der Waals surface area contributed by atoms with Crippen LogP contribution in [0.1, 0.15) is 13.3 Å². The summed E-state index contributed by atoms with van der Waals surface area (Å²) in [4.78, 5) is 12.9. The number of aliphatic hydroxyl groups excluding tert-OH is 1. The van der Waals surface area contributed by atoms with Crippen LogP contribution in [0.5, 0.6) is 0 Å². The van der Waals surface area contributed by atoms with Crippen molar-refractivity contribution in [3.63, 3.8) is 0 Å². The third kappa shape index (κ3) is 2.20. The molecule has 0 saturated carbocycles. The zero-order valence-corrected chi connectivity index (χ0v) is 8.75. The highest BCUT2D eigenvalue weighted by Crippen LogP contribution is 2.16. The largest absolute Gasteiger partial charge is 0.391 e. The first kappa shape index (κ1) is 9.99. The van der Waals surface area contributed by atoms with E-state index in [0.29, 0.717) is 17.8 Å². The molecule has 0 aliphatic carbocycles. The molecule has 1 aliphatic rings. The molecule has 4 heteroatoms. The second-order valence-corrected chi connectivity index (χ2v) is 3.87. The molecule has 0 aromatic carbocycles. The Morgan fingerprint density at radius 3 is 2.92 bits per heavy atom. The van der Waals surface area contributed by atoms with Gasteiger partial charge in [-0.3, -0.25) is 4.79 Å². The van der Waals surface area contributed by atoms with E-state index in [1.165, 1.54) is 0 Å². The molecule has 1 N–H and O–H groups in total. The zero-order chi connectivity index (χ0) is 9.14. The third-order valence-electron chi connectivity index (χ3n) is 2.39. The van der Waals surface area contributed by atoms with Crippen molar-refractivity contribution in [2.24, 2.45) is 5.92 Å². The topological polar surface area (TPSA) is 40.5 Å². The lowest BCUT2D eigenvalue weighted by Gasteiger charge is -2.33. The maximum absolute atomic E-state index is 11.2. The second-order valence-electron chi connectivity index (χ2n) is 3.31. The van der Waals surface area contributed by atoms with Crippen molar-refractivity contribution in [3.8, 4) is 0 Å². The summed E-state index contributed by atoms with van der Waals surface area (Å²) in [6.45, 7) is 3.29. The highest BCUT2D eigenvalue weighted by atomic mass is 79.9. The number of carbonyl (C=O) groups excluding carboxylic acids is 1. The fourth-order valence-electron chi connectivity index (χ4n) is 1.36. The van der Waals surface area contributed by atoms with E-state index < -0.39 is 0 Å². The summed E-state index contributed by atoms with van der Waals surface area (Å²) in [5.74, 6) is 0.394. The number of rotatable bonds is 1. The predicted molar refractivity (Wildman–Crippen MR) is 50.2 cm³/mol. The number of hydrogen-bond acceptors (Lipinski definition) is 2. The highest BCUT2D eigenvalue weighted by Gasteiger charge is 2.26. The van der Waals surface area contributed by atoms with E-state index in [4.69, 9.17) is 0 Å².